The predicted molar refractivity (Wildman–Crippen MR) is 74.2 cm³/mol. The molecule has 0 fully saturated rings. The molecule has 0 radical (unpaired) electrons. The van der Waals surface area contributed by atoms with Crippen LogP contribution in [0.15, 0.2) is 23.1 Å². The average Bonchev–Trinajstić information content (AvgIpc) is 2.35. The Morgan fingerprint density at radius 3 is 2.70 bits per heavy atom. The minimum absolute atomic E-state index is 0.0381. The monoisotopic (exact) mass is 322 g/mol. The average molecular weight is 323 g/mol. The smallest absolute Gasteiger partial charge is 0.270 e. The molecule has 0 aliphatic carbocycles. The fourth-order valence-electron chi connectivity index (χ4n) is 1.60. The molecule has 20 heavy (non-hydrogen) atoms. The summed E-state index contributed by atoms with van der Waals surface area (Å²) in [7, 11) is -3.94. The van der Waals surface area contributed by atoms with E-state index in [9.17, 15) is 18.5 Å². The van der Waals surface area contributed by atoms with Gasteiger partial charge in [0.2, 0.25) is 10.0 Å². The molecule has 0 spiro atoms. The summed E-state index contributed by atoms with van der Waals surface area (Å²) in [5.41, 5.74) is -0.349. The van der Waals surface area contributed by atoms with Gasteiger partial charge in [0.15, 0.2) is 0 Å². The molecular formula is C11H15ClN2O5S. The fraction of sp³-hybridized carbons (Fsp3) is 0.455. The van der Waals surface area contributed by atoms with Crippen molar-refractivity contribution in [2.45, 2.75) is 30.7 Å². The van der Waals surface area contributed by atoms with Gasteiger partial charge in [-0.2, -0.15) is 0 Å². The number of aliphatic hydroxyl groups excluding tert-OH is 1. The Hall–Kier alpha value is -1.22. The summed E-state index contributed by atoms with van der Waals surface area (Å²) in [6.07, 6.45) is 0.897. The maximum Gasteiger partial charge on any atom is 0.270 e. The topological polar surface area (TPSA) is 110 Å². The van der Waals surface area contributed by atoms with Gasteiger partial charge in [-0.1, -0.05) is 11.6 Å². The molecule has 2 N–H and O–H groups in total. The third-order valence-electron chi connectivity index (χ3n) is 2.57. The van der Waals surface area contributed by atoms with E-state index in [0.29, 0.717) is 12.8 Å². The van der Waals surface area contributed by atoms with Crippen LogP contribution in [0.2, 0.25) is 5.02 Å². The molecular weight excluding hydrogens is 308 g/mol. The molecule has 0 saturated heterocycles. The zero-order valence-corrected chi connectivity index (χ0v) is 12.3. The Labute approximate surface area is 121 Å². The summed E-state index contributed by atoms with van der Waals surface area (Å²) >= 11 is 5.79. The Balaban J connectivity index is 3.03. The summed E-state index contributed by atoms with van der Waals surface area (Å²) in [6, 6.07) is 2.81. The van der Waals surface area contributed by atoms with Crippen LogP contribution in [0, 0.1) is 10.1 Å². The van der Waals surface area contributed by atoms with E-state index in [1.807, 2.05) is 0 Å². The first-order valence-electron chi connectivity index (χ1n) is 5.85. The number of non-ortho nitro benzene ring substituents is 1. The molecule has 9 heteroatoms. The van der Waals surface area contributed by atoms with Crippen LogP contribution < -0.4 is 4.72 Å². The number of rotatable bonds is 7. The van der Waals surface area contributed by atoms with Crippen LogP contribution in [0.5, 0.6) is 0 Å². The van der Waals surface area contributed by atoms with Gasteiger partial charge in [0.25, 0.3) is 5.69 Å². The summed E-state index contributed by atoms with van der Waals surface area (Å²) in [5, 5.41) is 19.3. The quantitative estimate of drug-likeness (QED) is 0.586. The minimum Gasteiger partial charge on any atom is -0.396 e. The van der Waals surface area contributed by atoms with Gasteiger partial charge in [0.05, 0.1) is 9.95 Å². The summed E-state index contributed by atoms with van der Waals surface area (Å²) in [4.78, 5) is 9.66. The molecule has 0 aromatic heterocycles. The number of benzene rings is 1. The second-order valence-corrected chi connectivity index (χ2v) is 6.35. The van der Waals surface area contributed by atoms with Crippen LogP contribution >= 0.6 is 11.6 Å². The number of nitrogens with zero attached hydrogens (tertiary/aromatic N) is 1. The van der Waals surface area contributed by atoms with Gasteiger partial charge >= 0.3 is 0 Å². The number of hydrogen-bond acceptors (Lipinski definition) is 5. The highest BCUT2D eigenvalue weighted by Gasteiger charge is 2.23. The Bertz CT molecular complexity index is 590. The van der Waals surface area contributed by atoms with Crippen molar-refractivity contribution in [2.24, 2.45) is 0 Å². The zero-order valence-electron chi connectivity index (χ0n) is 10.7. The van der Waals surface area contributed by atoms with Crippen LogP contribution in [-0.4, -0.2) is 31.1 Å². The van der Waals surface area contributed by atoms with E-state index >= 15 is 0 Å². The third-order valence-corrected chi connectivity index (χ3v) is 4.64. The first-order chi connectivity index (χ1) is 9.27. The SMILES string of the molecule is CC(CCCO)NS(=O)(=O)c1cc([N+](=O)[O-])ccc1Cl. The molecule has 0 saturated carbocycles. The lowest BCUT2D eigenvalue weighted by Gasteiger charge is -2.14. The molecule has 0 amide bonds. The van der Waals surface area contributed by atoms with Gasteiger partial charge in [-0.15, -0.1) is 0 Å². The van der Waals surface area contributed by atoms with Crippen molar-refractivity contribution in [3.8, 4) is 0 Å². The predicted octanol–water partition coefficient (Wildman–Crippen LogP) is 1.69. The Morgan fingerprint density at radius 2 is 2.15 bits per heavy atom. The highest BCUT2D eigenvalue weighted by Crippen LogP contribution is 2.26. The number of sulfonamides is 1. The molecule has 1 atom stereocenters. The Kier molecular flexibility index (Phi) is 5.88. The van der Waals surface area contributed by atoms with Crippen LogP contribution in [-0.2, 0) is 10.0 Å². The molecule has 0 aliphatic heterocycles. The highest BCUT2D eigenvalue weighted by atomic mass is 35.5. The van der Waals surface area contributed by atoms with E-state index in [1.165, 1.54) is 6.07 Å². The molecule has 1 rings (SSSR count). The van der Waals surface area contributed by atoms with Crippen molar-refractivity contribution < 1.29 is 18.4 Å². The van der Waals surface area contributed by atoms with Gasteiger partial charge in [-0.05, 0) is 25.8 Å². The minimum atomic E-state index is -3.94. The molecule has 1 aromatic rings. The van der Waals surface area contributed by atoms with Crippen LogP contribution in [0.4, 0.5) is 5.69 Å². The van der Waals surface area contributed by atoms with Crippen molar-refractivity contribution >= 4 is 27.3 Å². The summed E-state index contributed by atoms with van der Waals surface area (Å²) in [5.74, 6) is 0. The van der Waals surface area contributed by atoms with E-state index in [1.54, 1.807) is 6.92 Å². The molecule has 7 nitrogen and oxygen atoms in total. The molecule has 0 heterocycles. The van der Waals surface area contributed by atoms with Gasteiger partial charge in [0, 0.05) is 24.8 Å². The standard InChI is InChI=1S/C11H15ClN2O5S/c1-8(3-2-6-15)13-20(18,19)11-7-9(14(16)17)4-5-10(11)12/h4-5,7-8,13,15H,2-3,6H2,1H3. The lowest BCUT2D eigenvalue weighted by atomic mass is 10.2. The third kappa shape index (κ3) is 4.41. The fourth-order valence-corrected chi connectivity index (χ4v) is 3.39. The van der Waals surface area contributed by atoms with Gasteiger partial charge in [-0.25, -0.2) is 13.1 Å². The van der Waals surface area contributed by atoms with E-state index < -0.39 is 21.0 Å². The molecule has 0 aliphatic rings. The van der Waals surface area contributed by atoms with E-state index in [0.717, 1.165) is 12.1 Å². The van der Waals surface area contributed by atoms with Crippen molar-refractivity contribution in [2.75, 3.05) is 6.61 Å². The van der Waals surface area contributed by atoms with Crippen molar-refractivity contribution in [3.05, 3.63) is 33.3 Å². The number of aliphatic hydroxyl groups is 1. The first kappa shape index (κ1) is 16.8. The van der Waals surface area contributed by atoms with Gasteiger partial charge < -0.3 is 5.11 Å². The van der Waals surface area contributed by atoms with Crippen LogP contribution in [0.3, 0.4) is 0 Å². The second-order valence-electron chi connectivity index (χ2n) is 4.26. The number of nitro groups is 1. The van der Waals surface area contributed by atoms with Crippen molar-refractivity contribution in [1.29, 1.82) is 0 Å². The van der Waals surface area contributed by atoms with E-state index in [-0.39, 0.29) is 22.2 Å². The molecule has 1 aromatic carbocycles. The number of nitro benzene ring substituents is 1. The van der Waals surface area contributed by atoms with Crippen molar-refractivity contribution in [3.63, 3.8) is 0 Å². The molecule has 112 valence electrons. The zero-order chi connectivity index (χ0) is 15.3. The lowest BCUT2D eigenvalue weighted by molar-refractivity contribution is -0.385. The van der Waals surface area contributed by atoms with Crippen LogP contribution in [0.25, 0.3) is 0 Å². The maximum absolute atomic E-state index is 12.1. The second kappa shape index (κ2) is 6.98. The van der Waals surface area contributed by atoms with E-state index in [4.69, 9.17) is 16.7 Å². The van der Waals surface area contributed by atoms with Gasteiger partial charge in [-0.3, -0.25) is 10.1 Å². The maximum atomic E-state index is 12.1. The largest absolute Gasteiger partial charge is 0.396 e. The van der Waals surface area contributed by atoms with Crippen LogP contribution in [0.1, 0.15) is 19.8 Å². The first-order valence-corrected chi connectivity index (χ1v) is 7.71. The lowest BCUT2D eigenvalue weighted by Crippen LogP contribution is -2.32. The summed E-state index contributed by atoms with van der Waals surface area (Å²) < 4.78 is 26.6. The van der Waals surface area contributed by atoms with E-state index in [2.05, 4.69) is 4.72 Å². The number of hydrogen-bond donors (Lipinski definition) is 2. The highest BCUT2D eigenvalue weighted by molar-refractivity contribution is 7.89. The Morgan fingerprint density at radius 1 is 1.50 bits per heavy atom. The number of nitrogens with one attached hydrogen (secondary N) is 1. The number of halogens is 1. The molecule has 0 bridgehead atoms. The normalized spacial score (nSPS) is 13.2. The molecule has 1 unspecified atom stereocenters. The van der Waals surface area contributed by atoms with Crippen molar-refractivity contribution in [1.82, 2.24) is 4.72 Å². The summed E-state index contributed by atoms with van der Waals surface area (Å²) in [6.45, 7) is 1.60. The van der Waals surface area contributed by atoms with Gasteiger partial charge in [0.1, 0.15) is 4.90 Å².